The van der Waals surface area contributed by atoms with Crippen molar-refractivity contribution in [3.63, 3.8) is 0 Å². The third-order valence-electron chi connectivity index (χ3n) is 7.15. The molecule has 4 aromatic rings. The Labute approximate surface area is 199 Å². The lowest BCUT2D eigenvalue weighted by Gasteiger charge is -2.21. The molecule has 174 valence electrons. The van der Waals surface area contributed by atoms with Crippen LogP contribution in [0.25, 0.3) is 28.3 Å². The Kier molecular flexibility index (Phi) is 5.03. The monoisotopic (exact) mass is 456 g/mol. The Balaban J connectivity index is 1.37. The van der Waals surface area contributed by atoms with E-state index in [1.54, 1.807) is 0 Å². The molecule has 0 bridgehead atoms. The summed E-state index contributed by atoms with van der Waals surface area (Å²) in [6, 6.07) is 13.1. The summed E-state index contributed by atoms with van der Waals surface area (Å²) >= 11 is 0. The zero-order chi connectivity index (χ0) is 23.4. The van der Waals surface area contributed by atoms with Gasteiger partial charge in [-0.3, -0.25) is 4.57 Å². The number of fused-ring (bicyclic) bond motifs is 5. The molecule has 3 aromatic heterocycles. The van der Waals surface area contributed by atoms with Crippen molar-refractivity contribution < 1.29 is 4.39 Å². The molecule has 6 nitrogen and oxygen atoms in total. The molecule has 0 spiro atoms. The van der Waals surface area contributed by atoms with Gasteiger partial charge in [0.25, 0.3) is 0 Å². The Bertz CT molecular complexity index is 1340. The number of hydrogen-bond donors (Lipinski definition) is 0. The number of pyridine rings is 1. The molecule has 5 heterocycles. The van der Waals surface area contributed by atoms with Crippen LogP contribution < -0.4 is 4.90 Å². The normalized spacial score (nSPS) is 19.1. The van der Waals surface area contributed by atoms with Crippen molar-refractivity contribution in [3.8, 4) is 28.3 Å². The Morgan fingerprint density at radius 2 is 1.88 bits per heavy atom. The minimum atomic E-state index is -0.227. The van der Waals surface area contributed by atoms with E-state index in [9.17, 15) is 4.39 Å². The van der Waals surface area contributed by atoms with Crippen molar-refractivity contribution in [3.05, 3.63) is 72.6 Å². The van der Waals surface area contributed by atoms with Crippen molar-refractivity contribution in [2.45, 2.75) is 13.5 Å². The molecule has 1 saturated heterocycles. The highest BCUT2D eigenvalue weighted by Gasteiger charge is 2.31. The fraction of sp³-hybridized carbons (Fsp3) is 0.333. The van der Waals surface area contributed by atoms with E-state index in [1.807, 2.05) is 24.5 Å². The van der Waals surface area contributed by atoms with Crippen molar-refractivity contribution in [2.24, 2.45) is 11.8 Å². The third-order valence-corrected chi connectivity index (χ3v) is 7.15. The first-order chi connectivity index (χ1) is 16.5. The summed E-state index contributed by atoms with van der Waals surface area (Å²) in [6.45, 7) is 6.17. The lowest BCUT2D eigenvalue weighted by atomic mass is 9.98. The predicted molar refractivity (Wildman–Crippen MR) is 133 cm³/mol. The molecule has 2 aliphatic rings. The van der Waals surface area contributed by atoms with E-state index in [1.165, 1.54) is 12.1 Å². The predicted octanol–water partition coefficient (Wildman–Crippen LogP) is 4.54. The highest BCUT2D eigenvalue weighted by molar-refractivity contribution is 5.71. The second-order valence-electron chi connectivity index (χ2n) is 9.91. The standard InChI is InChI=1S/C27H29FN6/c1-18-13-33(16-21(18)14-31(2)3)26-9-8-24-23(30-26)17-32-15-20(19-4-6-22(28)7-5-19)12-25(32)27-29-10-11-34(24)27/h4-12,15,18,21H,13-14,16-17H2,1-3H3/t18-,21-/m1/s1. The average molecular weight is 457 g/mol. The number of halogens is 1. The summed E-state index contributed by atoms with van der Waals surface area (Å²) in [5.41, 5.74) is 5.16. The van der Waals surface area contributed by atoms with E-state index < -0.39 is 0 Å². The molecule has 0 amide bonds. The first-order valence-corrected chi connectivity index (χ1v) is 11.9. The second kappa shape index (κ2) is 8.09. The number of rotatable bonds is 4. The average Bonchev–Trinajstić information content (AvgIpc) is 3.52. The van der Waals surface area contributed by atoms with E-state index in [0.29, 0.717) is 18.4 Å². The van der Waals surface area contributed by atoms with Crippen LogP contribution in [0.4, 0.5) is 10.2 Å². The molecule has 0 unspecified atom stereocenters. The first kappa shape index (κ1) is 21.1. The van der Waals surface area contributed by atoms with E-state index in [-0.39, 0.29) is 5.82 Å². The van der Waals surface area contributed by atoms with Gasteiger partial charge in [-0.25, -0.2) is 14.4 Å². The Morgan fingerprint density at radius 1 is 1.06 bits per heavy atom. The highest BCUT2D eigenvalue weighted by Crippen LogP contribution is 2.35. The van der Waals surface area contributed by atoms with Crippen molar-refractivity contribution in [1.82, 2.24) is 24.0 Å². The highest BCUT2D eigenvalue weighted by atomic mass is 19.1. The van der Waals surface area contributed by atoms with Crippen molar-refractivity contribution in [2.75, 3.05) is 38.6 Å². The largest absolute Gasteiger partial charge is 0.356 e. The number of hydrogen-bond acceptors (Lipinski definition) is 4. The van der Waals surface area contributed by atoms with Crippen molar-refractivity contribution >= 4 is 5.82 Å². The van der Waals surface area contributed by atoms with Crippen molar-refractivity contribution in [1.29, 1.82) is 0 Å². The summed E-state index contributed by atoms with van der Waals surface area (Å²) in [5.74, 6) is 2.99. The molecular weight excluding hydrogens is 427 g/mol. The summed E-state index contributed by atoms with van der Waals surface area (Å²) in [7, 11) is 4.29. The maximum Gasteiger partial charge on any atom is 0.161 e. The van der Waals surface area contributed by atoms with E-state index in [2.05, 4.69) is 69.3 Å². The van der Waals surface area contributed by atoms with Crippen LogP contribution in [-0.2, 0) is 6.54 Å². The quantitative estimate of drug-likeness (QED) is 0.398. The van der Waals surface area contributed by atoms with Gasteiger partial charge in [-0.05, 0) is 61.8 Å². The molecule has 1 fully saturated rings. The van der Waals surface area contributed by atoms with Crippen LogP contribution in [0.2, 0.25) is 0 Å². The van der Waals surface area contributed by atoms with Gasteiger partial charge in [0.2, 0.25) is 0 Å². The summed E-state index contributed by atoms with van der Waals surface area (Å²) in [5, 5.41) is 0. The third kappa shape index (κ3) is 3.60. The smallest absolute Gasteiger partial charge is 0.161 e. The van der Waals surface area contributed by atoms with E-state index >= 15 is 0 Å². The molecule has 0 saturated carbocycles. The van der Waals surface area contributed by atoms with E-state index in [4.69, 9.17) is 4.98 Å². The number of aromatic nitrogens is 4. The van der Waals surface area contributed by atoms with Crippen LogP contribution in [0, 0.1) is 17.7 Å². The van der Waals surface area contributed by atoms with Crippen LogP contribution in [0.15, 0.2) is 61.1 Å². The molecule has 0 aliphatic carbocycles. The topological polar surface area (TPSA) is 42.1 Å². The van der Waals surface area contributed by atoms with Gasteiger partial charge in [-0.1, -0.05) is 19.1 Å². The second-order valence-corrected chi connectivity index (χ2v) is 9.91. The molecule has 2 atom stereocenters. The molecule has 7 heteroatoms. The van der Waals surface area contributed by atoms with Gasteiger partial charge in [-0.15, -0.1) is 0 Å². The fourth-order valence-electron chi connectivity index (χ4n) is 5.40. The SMILES string of the molecule is C[C@@H]1CN(c2ccc3c(n2)Cn2cc(-c4ccc(F)cc4)cc2-c2nccn2-3)C[C@H]1CN(C)C. The summed E-state index contributed by atoms with van der Waals surface area (Å²) in [6.07, 6.45) is 5.96. The molecule has 0 N–H and O–H groups in total. The Morgan fingerprint density at radius 3 is 2.68 bits per heavy atom. The maximum absolute atomic E-state index is 13.4. The Hall–Kier alpha value is -3.45. The zero-order valence-electron chi connectivity index (χ0n) is 19.8. The van der Waals surface area contributed by atoms with Crippen LogP contribution >= 0.6 is 0 Å². The number of nitrogens with zero attached hydrogens (tertiary/aromatic N) is 6. The summed E-state index contributed by atoms with van der Waals surface area (Å²) in [4.78, 5) is 14.5. The van der Waals surface area contributed by atoms with Gasteiger partial charge < -0.3 is 14.4 Å². The first-order valence-electron chi connectivity index (χ1n) is 11.9. The van der Waals surface area contributed by atoms with Gasteiger partial charge in [0.05, 0.1) is 23.6 Å². The molecule has 34 heavy (non-hydrogen) atoms. The molecule has 2 aliphatic heterocycles. The van der Waals surface area contributed by atoms with Gasteiger partial charge in [0.15, 0.2) is 5.82 Å². The van der Waals surface area contributed by atoms with Crippen LogP contribution in [0.5, 0.6) is 0 Å². The maximum atomic E-state index is 13.4. The van der Waals surface area contributed by atoms with Gasteiger partial charge in [-0.2, -0.15) is 0 Å². The minimum Gasteiger partial charge on any atom is -0.356 e. The molecule has 0 radical (unpaired) electrons. The van der Waals surface area contributed by atoms with Gasteiger partial charge in [0.1, 0.15) is 11.6 Å². The number of imidazole rings is 1. The fourth-order valence-corrected chi connectivity index (χ4v) is 5.40. The summed E-state index contributed by atoms with van der Waals surface area (Å²) < 4.78 is 17.8. The lowest BCUT2D eigenvalue weighted by Crippen LogP contribution is -2.27. The van der Waals surface area contributed by atoms with Crippen LogP contribution in [0.3, 0.4) is 0 Å². The van der Waals surface area contributed by atoms with E-state index in [0.717, 1.165) is 59.5 Å². The zero-order valence-corrected chi connectivity index (χ0v) is 19.8. The number of benzene rings is 1. The number of anilines is 1. The van der Waals surface area contributed by atoms with Crippen LogP contribution in [-0.4, -0.2) is 57.7 Å². The van der Waals surface area contributed by atoms with Gasteiger partial charge >= 0.3 is 0 Å². The lowest BCUT2D eigenvalue weighted by molar-refractivity contribution is 0.301. The van der Waals surface area contributed by atoms with Crippen LogP contribution in [0.1, 0.15) is 12.6 Å². The molecular formula is C27H29FN6. The molecule has 1 aromatic carbocycles. The van der Waals surface area contributed by atoms with Gasteiger partial charge in [0, 0.05) is 43.8 Å². The minimum absolute atomic E-state index is 0.227. The molecule has 6 rings (SSSR count).